The molecule has 2 aliphatic rings. The van der Waals surface area contributed by atoms with Crippen molar-refractivity contribution in [2.24, 2.45) is 11.8 Å². The van der Waals surface area contributed by atoms with Gasteiger partial charge in [-0.25, -0.2) is 4.79 Å². The van der Waals surface area contributed by atoms with Gasteiger partial charge in [-0.2, -0.15) is 17.7 Å². The molecule has 0 bridgehead atoms. The van der Waals surface area contributed by atoms with Gasteiger partial charge in [0.05, 0.1) is 0 Å². The third kappa shape index (κ3) is 0.855. The van der Waals surface area contributed by atoms with Gasteiger partial charge < -0.3 is 5.11 Å². The molecule has 4 nitrogen and oxygen atoms in total. The number of fused-ring (bicyclic) bond motifs is 3. The van der Waals surface area contributed by atoms with E-state index in [4.69, 9.17) is 5.11 Å². The second-order valence-electron chi connectivity index (χ2n) is 4.01. The number of carboxylic acid groups (broad SMARTS) is 1. The highest BCUT2D eigenvalue weighted by Gasteiger charge is 2.57. The van der Waals surface area contributed by atoms with Gasteiger partial charge in [-0.05, 0) is 24.0 Å². The summed E-state index contributed by atoms with van der Waals surface area (Å²) in [6.07, 6.45) is 0.864. The number of thiol groups is 1. The van der Waals surface area contributed by atoms with Crippen LogP contribution in [0.15, 0.2) is 0 Å². The minimum atomic E-state index is -0.925. The van der Waals surface area contributed by atoms with Crippen LogP contribution in [0.3, 0.4) is 0 Å². The molecule has 2 aliphatic carbocycles. The molecule has 1 saturated carbocycles. The molecule has 0 aliphatic heterocycles. The number of carboxylic acids is 1. The van der Waals surface area contributed by atoms with Crippen molar-refractivity contribution in [2.45, 2.75) is 12.3 Å². The number of hydrogen-bond acceptors (Lipinski definition) is 3. The van der Waals surface area contributed by atoms with Crippen LogP contribution in [0.4, 0.5) is 0 Å². The van der Waals surface area contributed by atoms with Gasteiger partial charge in [-0.3, -0.25) is 5.10 Å². The molecule has 1 heterocycles. The fourth-order valence-corrected chi connectivity index (χ4v) is 3.17. The van der Waals surface area contributed by atoms with E-state index in [0.717, 1.165) is 23.4 Å². The van der Waals surface area contributed by atoms with E-state index in [1.807, 2.05) is 0 Å². The summed E-state index contributed by atoms with van der Waals surface area (Å²) in [5.41, 5.74) is 2.18. The number of carbonyl (C=O) groups is 1. The van der Waals surface area contributed by atoms with Crippen molar-refractivity contribution in [3.63, 3.8) is 0 Å². The Labute approximate surface area is 86.1 Å². The van der Waals surface area contributed by atoms with Gasteiger partial charge in [0.1, 0.15) is 0 Å². The zero-order chi connectivity index (χ0) is 9.87. The topological polar surface area (TPSA) is 66.0 Å². The molecule has 3 rings (SSSR count). The van der Waals surface area contributed by atoms with Crippen LogP contribution in [0.25, 0.3) is 0 Å². The van der Waals surface area contributed by atoms with Gasteiger partial charge in [0.25, 0.3) is 0 Å². The second-order valence-corrected chi connectivity index (χ2v) is 4.37. The molecule has 0 spiro atoms. The highest BCUT2D eigenvalue weighted by Crippen LogP contribution is 2.61. The van der Waals surface area contributed by atoms with Crippen LogP contribution in [0.5, 0.6) is 0 Å². The first-order valence-corrected chi connectivity index (χ1v) is 5.28. The van der Waals surface area contributed by atoms with E-state index < -0.39 is 5.97 Å². The minimum Gasteiger partial charge on any atom is -0.476 e. The number of nitrogens with zero attached hydrogens (tertiary/aromatic N) is 1. The van der Waals surface area contributed by atoms with Crippen molar-refractivity contribution in [1.29, 1.82) is 0 Å². The summed E-state index contributed by atoms with van der Waals surface area (Å²) in [6.45, 7) is 0. The standard InChI is InChI=1S/C9H10N2O2S/c12-9(13)8-4-1-3-5(2-14)6(3)7(4)10-11-8/h3,5-6,14H,1-2H2,(H,10,11)(H,12,13)/t3-,5-,6-/m0/s1. The van der Waals surface area contributed by atoms with Crippen molar-refractivity contribution in [2.75, 3.05) is 5.75 Å². The number of rotatable bonds is 2. The summed E-state index contributed by atoms with van der Waals surface area (Å²) in [6, 6.07) is 0. The Balaban J connectivity index is 1.99. The summed E-state index contributed by atoms with van der Waals surface area (Å²) < 4.78 is 0. The Morgan fingerprint density at radius 3 is 3.14 bits per heavy atom. The molecule has 5 heteroatoms. The third-order valence-electron chi connectivity index (χ3n) is 3.42. The van der Waals surface area contributed by atoms with E-state index in [1.165, 1.54) is 0 Å². The quantitative estimate of drug-likeness (QED) is 0.636. The molecule has 0 amide bonds. The molecular formula is C9H10N2O2S. The SMILES string of the molecule is O=C(O)c1n[nH]c2c1C[C@H]1[C@H](CS)[C@@H]21. The molecule has 1 fully saturated rings. The zero-order valence-corrected chi connectivity index (χ0v) is 8.29. The van der Waals surface area contributed by atoms with Crippen LogP contribution in [0, 0.1) is 11.8 Å². The molecule has 0 radical (unpaired) electrons. The molecule has 2 N–H and O–H groups in total. The number of hydrogen-bond donors (Lipinski definition) is 3. The van der Waals surface area contributed by atoms with Gasteiger partial charge >= 0.3 is 5.97 Å². The third-order valence-corrected chi connectivity index (χ3v) is 3.84. The Bertz CT molecular complexity index is 415. The van der Waals surface area contributed by atoms with E-state index in [0.29, 0.717) is 17.8 Å². The first-order chi connectivity index (χ1) is 6.74. The maximum absolute atomic E-state index is 10.8. The lowest BCUT2D eigenvalue weighted by Gasteiger charge is -1.99. The average Bonchev–Trinajstić information content (AvgIpc) is 2.55. The summed E-state index contributed by atoms with van der Waals surface area (Å²) in [4.78, 5) is 10.8. The lowest BCUT2D eigenvalue weighted by molar-refractivity contribution is 0.0689. The monoisotopic (exact) mass is 210 g/mol. The number of nitrogens with one attached hydrogen (secondary N) is 1. The van der Waals surface area contributed by atoms with E-state index >= 15 is 0 Å². The van der Waals surface area contributed by atoms with Crippen LogP contribution in [0.1, 0.15) is 27.7 Å². The number of aromatic carboxylic acids is 1. The molecule has 74 valence electrons. The normalized spacial score (nSPS) is 32.5. The fourth-order valence-electron chi connectivity index (χ4n) is 2.67. The van der Waals surface area contributed by atoms with Gasteiger partial charge in [-0.15, -0.1) is 0 Å². The van der Waals surface area contributed by atoms with Crippen molar-refractivity contribution < 1.29 is 9.90 Å². The van der Waals surface area contributed by atoms with Crippen LogP contribution in [-0.4, -0.2) is 27.0 Å². The molecule has 1 aromatic heterocycles. The second kappa shape index (κ2) is 2.53. The van der Waals surface area contributed by atoms with E-state index in [1.54, 1.807) is 0 Å². The number of H-pyrrole nitrogens is 1. The lowest BCUT2D eigenvalue weighted by Crippen LogP contribution is -2.02. The van der Waals surface area contributed by atoms with Gasteiger partial charge in [0.2, 0.25) is 0 Å². The highest BCUT2D eigenvalue weighted by molar-refractivity contribution is 7.80. The maximum atomic E-state index is 10.8. The van der Waals surface area contributed by atoms with Gasteiger partial charge in [0.15, 0.2) is 5.69 Å². The minimum absolute atomic E-state index is 0.213. The predicted molar refractivity (Wildman–Crippen MR) is 52.8 cm³/mol. The summed E-state index contributed by atoms with van der Waals surface area (Å²) in [5.74, 6) is 1.72. The molecular weight excluding hydrogens is 200 g/mol. The summed E-state index contributed by atoms with van der Waals surface area (Å²) >= 11 is 4.27. The van der Waals surface area contributed by atoms with Crippen molar-refractivity contribution >= 4 is 18.6 Å². The van der Waals surface area contributed by atoms with Crippen molar-refractivity contribution in [1.82, 2.24) is 10.2 Å². The zero-order valence-electron chi connectivity index (χ0n) is 7.40. The van der Waals surface area contributed by atoms with Crippen molar-refractivity contribution in [3.05, 3.63) is 17.0 Å². The van der Waals surface area contributed by atoms with Gasteiger partial charge in [0, 0.05) is 17.2 Å². The highest BCUT2D eigenvalue weighted by atomic mass is 32.1. The smallest absolute Gasteiger partial charge is 0.356 e. The summed E-state index contributed by atoms with van der Waals surface area (Å²) in [5, 5.41) is 15.6. The molecule has 0 aromatic carbocycles. The fraction of sp³-hybridized carbons (Fsp3) is 0.556. The Hall–Kier alpha value is -0.970. The summed E-state index contributed by atoms with van der Waals surface area (Å²) in [7, 11) is 0. The first-order valence-electron chi connectivity index (χ1n) is 4.65. The van der Waals surface area contributed by atoms with E-state index in [9.17, 15) is 4.79 Å². The molecule has 3 atom stereocenters. The van der Waals surface area contributed by atoms with E-state index in [-0.39, 0.29) is 5.69 Å². The Kier molecular flexibility index (Phi) is 1.51. The molecule has 1 aromatic rings. The predicted octanol–water partition coefficient (Wildman–Crippen LogP) is 0.923. The maximum Gasteiger partial charge on any atom is 0.356 e. The van der Waals surface area contributed by atoms with E-state index in [2.05, 4.69) is 22.8 Å². The average molecular weight is 210 g/mol. The number of aromatic amines is 1. The van der Waals surface area contributed by atoms with Crippen LogP contribution < -0.4 is 0 Å². The molecule has 14 heavy (non-hydrogen) atoms. The Morgan fingerprint density at radius 2 is 2.50 bits per heavy atom. The largest absolute Gasteiger partial charge is 0.476 e. The lowest BCUT2D eigenvalue weighted by atomic mass is 10.1. The van der Waals surface area contributed by atoms with Crippen LogP contribution in [-0.2, 0) is 6.42 Å². The van der Waals surface area contributed by atoms with Crippen molar-refractivity contribution in [3.8, 4) is 0 Å². The van der Waals surface area contributed by atoms with Crippen LogP contribution >= 0.6 is 12.6 Å². The first kappa shape index (κ1) is 8.35. The van der Waals surface area contributed by atoms with Crippen LogP contribution in [0.2, 0.25) is 0 Å². The van der Waals surface area contributed by atoms with Gasteiger partial charge in [-0.1, -0.05) is 0 Å². The Morgan fingerprint density at radius 1 is 1.71 bits per heavy atom. The molecule has 0 unspecified atom stereocenters. The number of aromatic nitrogens is 2. The molecule has 0 saturated heterocycles.